The molecule has 1 aromatic rings. The molecule has 0 aromatic carbocycles. The molecule has 2 atom stereocenters. The normalized spacial score (nSPS) is 23.4. The van der Waals surface area contributed by atoms with Crippen LogP contribution >= 0.6 is 11.3 Å². The Kier molecular flexibility index (Phi) is 5.23. The number of sulfonamides is 1. The molecule has 0 amide bonds. The minimum absolute atomic E-state index is 0.0984. The summed E-state index contributed by atoms with van der Waals surface area (Å²) in [6.45, 7) is 7.53. The van der Waals surface area contributed by atoms with E-state index in [1.165, 1.54) is 11.3 Å². The third-order valence-corrected chi connectivity index (χ3v) is 6.79. The summed E-state index contributed by atoms with van der Waals surface area (Å²) in [4.78, 5) is 1.39. The van der Waals surface area contributed by atoms with Gasteiger partial charge in [-0.25, -0.2) is 13.1 Å². The minimum Gasteiger partial charge on any atom is -0.312 e. The highest BCUT2D eigenvalue weighted by Crippen LogP contribution is 2.30. The molecule has 1 heterocycles. The molecule has 1 saturated carbocycles. The SMILES string of the molecule is CCNCc1scc(C)c1S(=O)(=O)NC1CCC(C)C1. The van der Waals surface area contributed by atoms with E-state index < -0.39 is 10.0 Å². The van der Waals surface area contributed by atoms with Gasteiger partial charge >= 0.3 is 0 Å². The van der Waals surface area contributed by atoms with Crippen molar-refractivity contribution < 1.29 is 8.42 Å². The highest BCUT2D eigenvalue weighted by molar-refractivity contribution is 7.89. The summed E-state index contributed by atoms with van der Waals surface area (Å²) >= 11 is 1.52. The lowest BCUT2D eigenvalue weighted by Gasteiger charge is -2.14. The lowest BCUT2D eigenvalue weighted by Crippen LogP contribution is -2.33. The number of hydrogen-bond acceptors (Lipinski definition) is 4. The average Bonchev–Trinajstić information content (AvgIpc) is 2.93. The second-order valence-electron chi connectivity index (χ2n) is 5.69. The molecule has 1 aliphatic rings. The van der Waals surface area contributed by atoms with Crippen LogP contribution in [0.1, 0.15) is 43.6 Å². The number of aryl methyl sites for hydroxylation is 1. The zero-order valence-corrected chi connectivity index (χ0v) is 14.0. The maximum absolute atomic E-state index is 12.6. The van der Waals surface area contributed by atoms with Gasteiger partial charge in [0.2, 0.25) is 10.0 Å². The molecule has 2 rings (SSSR count). The van der Waals surface area contributed by atoms with E-state index in [0.29, 0.717) is 17.4 Å². The smallest absolute Gasteiger partial charge is 0.242 e. The Morgan fingerprint density at radius 1 is 1.40 bits per heavy atom. The van der Waals surface area contributed by atoms with Gasteiger partial charge in [0.15, 0.2) is 0 Å². The lowest BCUT2D eigenvalue weighted by molar-refractivity contribution is 0.537. The summed E-state index contributed by atoms with van der Waals surface area (Å²) in [6.07, 6.45) is 3.01. The van der Waals surface area contributed by atoms with E-state index in [2.05, 4.69) is 17.0 Å². The molecule has 1 aromatic heterocycles. The van der Waals surface area contributed by atoms with Crippen molar-refractivity contribution in [1.82, 2.24) is 10.0 Å². The highest BCUT2D eigenvalue weighted by Gasteiger charge is 2.29. The van der Waals surface area contributed by atoms with Gasteiger partial charge in [0, 0.05) is 17.5 Å². The van der Waals surface area contributed by atoms with Gasteiger partial charge in [-0.15, -0.1) is 11.3 Å². The van der Waals surface area contributed by atoms with Crippen LogP contribution in [-0.4, -0.2) is 21.0 Å². The molecule has 2 N–H and O–H groups in total. The standard InChI is InChI=1S/C14H24N2O2S2/c1-4-15-8-13-14(11(3)9-19-13)20(17,18)16-12-6-5-10(2)7-12/h9-10,12,15-16H,4-8H2,1-3H3. The molecular formula is C14H24N2O2S2. The van der Waals surface area contributed by atoms with Crippen molar-refractivity contribution in [3.8, 4) is 0 Å². The maximum atomic E-state index is 12.6. The van der Waals surface area contributed by atoms with Crippen molar-refractivity contribution in [3.63, 3.8) is 0 Å². The van der Waals surface area contributed by atoms with Crippen molar-refractivity contribution in [1.29, 1.82) is 0 Å². The van der Waals surface area contributed by atoms with Gasteiger partial charge in [0.1, 0.15) is 4.90 Å². The molecule has 0 bridgehead atoms. The first-order valence-electron chi connectivity index (χ1n) is 7.24. The van der Waals surface area contributed by atoms with E-state index in [1.807, 2.05) is 19.2 Å². The fraction of sp³-hybridized carbons (Fsp3) is 0.714. The first-order chi connectivity index (χ1) is 9.44. The van der Waals surface area contributed by atoms with E-state index in [-0.39, 0.29) is 6.04 Å². The average molecular weight is 316 g/mol. The number of rotatable bonds is 6. The Bertz CT molecular complexity index is 552. The van der Waals surface area contributed by atoms with Gasteiger partial charge in [-0.3, -0.25) is 0 Å². The lowest BCUT2D eigenvalue weighted by atomic mass is 10.1. The monoisotopic (exact) mass is 316 g/mol. The van der Waals surface area contributed by atoms with Gasteiger partial charge in [-0.2, -0.15) is 0 Å². The van der Waals surface area contributed by atoms with E-state index in [9.17, 15) is 8.42 Å². The molecule has 114 valence electrons. The van der Waals surface area contributed by atoms with Crippen LogP contribution in [0.5, 0.6) is 0 Å². The first kappa shape index (κ1) is 15.9. The summed E-state index contributed by atoms with van der Waals surface area (Å²) in [5.74, 6) is 0.618. The molecule has 0 aliphatic heterocycles. The van der Waals surface area contributed by atoms with Gasteiger partial charge in [0.25, 0.3) is 0 Å². The topological polar surface area (TPSA) is 58.2 Å². The van der Waals surface area contributed by atoms with Crippen molar-refractivity contribution >= 4 is 21.4 Å². The predicted molar refractivity (Wildman–Crippen MR) is 83.6 cm³/mol. The second kappa shape index (κ2) is 6.56. The van der Waals surface area contributed by atoms with E-state index >= 15 is 0 Å². The van der Waals surface area contributed by atoms with Gasteiger partial charge in [-0.05, 0) is 49.6 Å². The minimum atomic E-state index is -3.40. The fourth-order valence-corrected chi connectivity index (χ4v) is 5.87. The molecule has 0 saturated heterocycles. The summed E-state index contributed by atoms with van der Waals surface area (Å²) in [5, 5.41) is 5.14. The summed E-state index contributed by atoms with van der Waals surface area (Å²) < 4.78 is 28.2. The van der Waals surface area contributed by atoms with Crippen LogP contribution in [0.3, 0.4) is 0 Å². The Labute approximate surface area is 126 Å². The predicted octanol–water partition coefficient (Wildman–Crippen LogP) is 2.63. The molecule has 1 aliphatic carbocycles. The van der Waals surface area contributed by atoms with Crippen LogP contribution in [0.2, 0.25) is 0 Å². The van der Waals surface area contributed by atoms with Crippen LogP contribution in [0.25, 0.3) is 0 Å². The molecule has 2 unspecified atom stereocenters. The number of thiophene rings is 1. The zero-order valence-electron chi connectivity index (χ0n) is 12.4. The van der Waals surface area contributed by atoms with Crippen LogP contribution in [0.4, 0.5) is 0 Å². The second-order valence-corrected chi connectivity index (χ2v) is 8.30. The third kappa shape index (κ3) is 3.61. The molecule has 6 heteroatoms. The van der Waals surface area contributed by atoms with Crippen LogP contribution < -0.4 is 10.0 Å². The Morgan fingerprint density at radius 3 is 2.75 bits per heavy atom. The van der Waals surface area contributed by atoms with E-state index in [1.54, 1.807) is 0 Å². The molecular weight excluding hydrogens is 292 g/mol. The quantitative estimate of drug-likeness (QED) is 0.848. The maximum Gasteiger partial charge on any atom is 0.242 e. The van der Waals surface area contributed by atoms with Crippen molar-refractivity contribution in [2.45, 2.75) is 57.5 Å². The molecule has 0 spiro atoms. The first-order valence-corrected chi connectivity index (χ1v) is 9.60. The van der Waals surface area contributed by atoms with E-state index in [0.717, 1.165) is 36.2 Å². The van der Waals surface area contributed by atoms with Crippen LogP contribution in [-0.2, 0) is 16.6 Å². The Hall–Kier alpha value is -0.430. The molecule has 1 fully saturated rings. The number of hydrogen-bond donors (Lipinski definition) is 2. The van der Waals surface area contributed by atoms with Crippen LogP contribution in [0, 0.1) is 12.8 Å². The molecule has 4 nitrogen and oxygen atoms in total. The third-order valence-electron chi connectivity index (χ3n) is 3.81. The Morgan fingerprint density at radius 2 is 2.15 bits per heavy atom. The van der Waals surface area contributed by atoms with Crippen molar-refractivity contribution in [2.24, 2.45) is 5.92 Å². The highest BCUT2D eigenvalue weighted by atomic mass is 32.2. The van der Waals surface area contributed by atoms with Crippen molar-refractivity contribution in [3.05, 3.63) is 15.8 Å². The van der Waals surface area contributed by atoms with Crippen LogP contribution in [0.15, 0.2) is 10.3 Å². The van der Waals surface area contributed by atoms with Gasteiger partial charge < -0.3 is 5.32 Å². The number of nitrogens with one attached hydrogen (secondary N) is 2. The largest absolute Gasteiger partial charge is 0.312 e. The molecule has 20 heavy (non-hydrogen) atoms. The van der Waals surface area contributed by atoms with Gasteiger partial charge in [-0.1, -0.05) is 13.8 Å². The zero-order chi connectivity index (χ0) is 14.8. The summed E-state index contributed by atoms with van der Waals surface area (Å²) in [5.41, 5.74) is 0.849. The van der Waals surface area contributed by atoms with Crippen molar-refractivity contribution in [2.75, 3.05) is 6.54 Å². The Balaban J connectivity index is 2.18. The summed E-state index contributed by atoms with van der Waals surface area (Å²) in [6, 6.07) is 0.0984. The molecule has 0 radical (unpaired) electrons. The fourth-order valence-electron chi connectivity index (χ4n) is 2.80. The summed E-state index contributed by atoms with van der Waals surface area (Å²) in [7, 11) is -3.40. The van der Waals surface area contributed by atoms with Gasteiger partial charge in [0.05, 0.1) is 0 Å². The van der Waals surface area contributed by atoms with E-state index in [4.69, 9.17) is 0 Å².